The number of benzene rings is 1. The number of hydrogen-bond donors (Lipinski definition) is 0. The Morgan fingerprint density at radius 1 is 1.19 bits per heavy atom. The third-order valence-electron chi connectivity index (χ3n) is 2.49. The number of carbonyl (C=O) groups excluding carboxylic acids is 1. The molecule has 0 amide bonds. The van der Waals surface area contributed by atoms with E-state index in [9.17, 15) is 4.79 Å². The van der Waals surface area contributed by atoms with Crippen LogP contribution in [0, 0.1) is 0 Å². The predicted octanol–water partition coefficient (Wildman–Crippen LogP) is 1.70. The third-order valence-corrected chi connectivity index (χ3v) is 2.49. The number of methoxy groups -OCH3 is 2. The zero-order valence-electron chi connectivity index (χ0n) is 9.51. The maximum absolute atomic E-state index is 10.1. The van der Waals surface area contributed by atoms with Crippen molar-refractivity contribution in [2.24, 2.45) is 0 Å². The molecule has 0 unspecified atom stereocenters. The van der Waals surface area contributed by atoms with E-state index in [2.05, 4.69) is 4.74 Å². The first-order valence-electron chi connectivity index (χ1n) is 5.00. The van der Waals surface area contributed by atoms with Crippen LogP contribution in [0.1, 0.15) is 12.0 Å². The smallest absolute Gasteiger partial charge is 0.293 e. The summed E-state index contributed by atoms with van der Waals surface area (Å²) in [4.78, 5) is 10.1. The topological polar surface area (TPSA) is 44.8 Å². The van der Waals surface area contributed by atoms with Gasteiger partial charge in [0.05, 0.1) is 6.61 Å². The van der Waals surface area contributed by atoms with Gasteiger partial charge in [0.25, 0.3) is 6.47 Å². The highest BCUT2D eigenvalue weighted by atomic mass is 16.7. The fraction of sp³-hybridized carbons (Fsp3) is 0.417. The monoisotopic (exact) mass is 224 g/mol. The first-order chi connectivity index (χ1) is 7.79. The molecule has 4 nitrogen and oxygen atoms in total. The lowest BCUT2D eigenvalue weighted by atomic mass is 10.0. The third kappa shape index (κ3) is 2.81. The van der Waals surface area contributed by atoms with Crippen molar-refractivity contribution in [2.75, 3.05) is 20.8 Å². The van der Waals surface area contributed by atoms with Crippen LogP contribution in [0.25, 0.3) is 0 Å². The van der Waals surface area contributed by atoms with Gasteiger partial charge < -0.3 is 14.2 Å². The molecule has 88 valence electrons. The van der Waals surface area contributed by atoms with Crippen LogP contribution in [-0.4, -0.2) is 27.3 Å². The van der Waals surface area contributed by atoms with Gasteiger partial charge in [0.2, 0.25) is 0 Å². The van der Waals surface area contributed by atoms with Crippen molar-refractivity contribution >= 4 is 6.47 Å². The molecule has 0 N–H and O–H groups in total. The lowest BCUT2D eigenvalue weighted by Crippen LogP contribution is -2.32. The highest BCUT2D eigenvalue weighted by molar-refractivity contribution is 5.36. The zero-order valence-corrected chi connectivity index (χ0v) is 9.51. The van der Waals surface area contributed by atoms with Gasteiger partial charge in [0, 0.05) is 26.2 Å². The molecule has 0 bridgehead atoms. The van der Waals surface area contributed by atoms with E-state index in [-0.39, 0.29) is 6.61 Å². The highest BCUT2D eigenvalue weighted by Gasteiger charge is 2.31. The Morgan fingerprint density at radius 3 is 2.31 bits per heavy atom. The molecule has 0 saturated carbocycles. The number of ether oxygens (including phenoxy) is 3. The largest absolute Gasteiger partial charge is 0.468 e. The van der Waals surface area contributed by atoms with E-state index in [1.54, 1.807) is 14.2 Å². The van der Waals surface area contributed by atoms with Gasteiger partial charge in [0.1, 0.15) is 0 Å². The van der Waals surface area contributed by atoms with Crippen LogP contribution in [0.4, 0.5) is 0 Å². The van der Waals surface area contributed by atoms with Crippen LogP contribution in [0.2, 0.25) is 0 Å². The first-order valence-corrected chi connectivity index (χ1v) is 5.00. The van der Waals surface area contributed by atoms with Gasteiger partial charge in [-0.15, -0.1) is 0 Å². The SMILES string of the molecule is COC(CCOC=O)(OC)c1ccccc1. The standard InChI is InChI=1S/C12H16O4/c1-14-12(15-2,8-9-16-10-13)11-6-4-3-5-7-11/h3-7,10H,8-9H2,1-2H3. The molecular formula is C12H16O4. The molecule has 0 aromatic heterocycles. The summed E-state index contributed by atoms with van der Waals surface area (Å²) in [5.74, 6) is -0.857. The maximum atomic E-state index is 10.1. The second kappa shape index (κ2) is 6.25. The summed E-state index contributed by atoms with van der Waals surface area (Å²) in [6.45, 7) is 0.668. The van der Waals surface area contributed by atoms with Gasteiger partial charge >= 0.3 is 0 Å². The minimum absolute atomic E-state index is 0.250. The average molecular weight is 224 g/mol. The lowest BCUT2D eigenvalue weighted by Gasteiger charge is -2.30. The van der Waals surface area contributed by atoms with E-state index in [1.807, 2.05) is 30.3 Å². The van der Waals surface area contributed by atoms with Crippen molar-refractivity contribution < 1.29 is 19.0 Å². The molecule has 0 aliphatic heterocycles. The molecule has 0 aliphatic rings. The van der Waals surface area contributed by atoms with Gasteiger partial charge in [-0.2, -0.15) is 0 Å². The zero-order chi connectivity index (χ0) is 11.9. The van der Waals surface area contributed by atoms with E-state index in [0.29, 0.717) is 12.9 Å². The Labute approximate surface area is 95.1 Å². The molecule has 1 aromatic rings. The minimum Gasteiger partial charge on any atom is -0.468 e. The summed E-state index contributed by atoms with van der Waals surface area (Å²) in [6, 6.07) is 9.55. The van der Waals surface area contributed by atoms with Gasteiger partial charge in [-0.3, -0.25) is 4.79 Å². The van der Waals surface area contributed by atoms with Crippen molar-refractivity contribution in [1.82, 2.24) is 0 Å². The Kier molecular flexibility index (Phi) is 4.95. The Morgan fingerprint density at radius 2 is 1.81 bits per heavy atom. The van der Waals surface area contributed by atoms with E-state index in [4.69, 9.17) is 9.47 Å². The molecular weight excluding hydrogens is 208 g/mol. The summed E-state index contributed by atoms with van der Waals surface area (Å²) in [5.41, 5.74) is 0.898. The molecule has 0 saturated heterocycles. The Hall–Kier alpha value is -1.39. The predicted molar refractivity (Wildman–Crippen MR) is 58.8 cm³/mol. The van der Waals surface area contributed by atoms with Crippen molar-refractivity contribution in [3.63, 3.8) is 0 Å². The van der Waals surface area contributed by atoms with Gasteiger partial charge in [-0.25, -0.2) is 0 Å². The molecule has 1 rings (SSSR count). The van der Waals surface area contributed by atoms with E-state index in [1.165, 1.54) is 0 Å². The molecule has 0 aliphatic carbocycles. The fourth-order valence-corrected chi connectivity index (χ4v) is 1.60. The molecule has 0 spiro atoms. The molecule has 0 fully saturated rings. The van der Waals surface area contributed by atoms with Crippen LogP contribution < -0.4 is 0 Å². The van der Waals surface area contributed by atoms with E-state index in [0.717, 1.165) is 5.56 Å². The van der Waals surface area contributed by atoms with Crippen LogP contribution >= 0.6 is 0 Å². The molecule has 16 heavy (non-hydrogen) atoms. The molecule has 4 heteroatoms. The molecule has 0 heterocycles. The van der Waals surface area contributed by atoms with Gasteiger partial charge in [-0.1, -0.05) is 30.3 Å². The van der Waals surface area contributed by atoms with Crippen molar-refractivity contribution in [3.8, 4) is 0 Å². The molecule has 0 atom stereocenters. The van der Waals surface area contributed by atoms with Gasteiger partial charge in [-0.05, 0) is 0 Å². The fourth-order valence-electron chi connectivity index (χ4n) is 1.60. The second-order valence-electron chi connectivity index (χ2n) is 3.24. The minimum atomic E-state index is -0.857. The van der Waals surface area contributed by atoms with E-state index < -0.39 is 5.79 Å². The van der Waals surface area contributed by atoms with Crippen molar-refractivity contribution in [1.29, 1.82) is 0 Å². The van der Waals surface area contributed by atoms with Crippen LogP contribution in [0.3, 0.4) is 0 Å². The Balaban J connectivity index is 2.83. The number of hydrogen-bond acceptors (Lipinski definition) is 4. The average Bonchev–Trinajstić information content (AvgIpc) is 2.36. The molecule has 1 aromatic carbocycles. The quantitative estimate of drug-likeness (QED) is 0.401. The first kappa shape index (κ1) is 12.7. The van der Waals surface area contributed by atoms with Crippen LogP contribution in [0.15, 0.2) is 30.3 Å². The second-order valence-corrected chi connectivity index (χ2v) is 3.24. The Bertz CT molecular complexity index is 306. The highest BCUT2D eigenvalue weighted by Crippen LogP contribution is 2.29. The molecule has 0 radical (unpaired) electrons. The van der Waals surface area contributed by atoms with Crippen LogP contribution in [-0.2, 0) is 24.8 Å². The summed E-state index contributed by atoms with van der Waals surface area (Å²) in [7, 11) is 3.13. The maximum Gasteiger partial charge on any atom is 0.293 e. The van der Waals surface area contributed by atoms with Crippen molar-refractivity contribution in [2.45, 2.75) is 12.2 Å². The van der Waals surface area contributed by atoms with Gasteiger partial charge in [0.15, 0.2) is 5.79 Å². The number of rotatable bonds is 7. The number of carbonyl (C=O) groups is 1. The summed E-state index contributed by atoms with van der Waals surface area (Å²) in [5, 5.41) is 0. The van der Waals surface area contributed by atoms with Crippen LogP contribution in [0.5, 0.6) is 0 Å². The van der Waals surface area contributed by atoms with E-state index >= 15 is 0 Å². The lowest BCUT2D eigenvalue weighted by molar-refractivity contribution is -0.224. The summed E-state index contributed by atoms with van der Waals surface area (Å²) < 4.78 is 15.5. The summed E-state index contributed by atoms with van der Waals surface area (Å²) >= 11 is 0. The van der Waals surface area contributed by atoms with Crippen molar-refractivity contribution in [3.05, 3.63) is 35.9 Å². The normalized spacial score (nSPS) is 11.1. The summed E-state index contributed by atoms with van der Waals surface area (Å²) in [6.07, 6.45) is 0.447.